The van der Waals surface area contributed by atoms with Crippen molar-refractivity contribution in [2.24, 2.45) is 0 Å². The highest BCUT2D eigenvalue weighted by Gasteiger charge is 2.36. The average Bonchev–Trinajstić information content (AvgIpc) is 2.72. The van der Waals surface area contributed by atoms with Crippen LogP contribution in [0.3, 0.4) is 0 Å². The van der Waals surface area contributed by atoms with Crippen molar-refractivity contribution in [3.8, 4) is 17.6 Å². The fraction of sp³-hybridized carbons (Fsp3) is 0.318. The van der Waals surface area contributed by atoms with Gasteiger partial charge in [-0.3, -0.25) is 0 Å². The van der Waals surface area contributed by atoms with Gasteiger partial charge in [0, 0.05) is 23.1 Å². The molecular weight excluding hydrogens is 376 g/mol. The molecule has 140 valence electrons. The lowest BCUT2D eigenvalue weighted by Crippen LogP contribution is -2.26. The first-order valence-electron chi connectivity index (χ1n) is 8.78. The second-order valence-corrected chi connectivity index (χ2v) is 8.49. The number of carbonyl (C=O) groups excluding carboxylic acids is 1. The standard InChI is InChI=1S/C22H22O3S2/c1-4-24-21(23)18-7-5-6-16(14-18)8-9-17-10-11-20-19(15-17)22(26-2,27-3)12-13-25-20/h5-7,10-11,14-15H,4,12-13H2,1-3H3. The third-order valence-electron chi connectivity index (χ3n) is 4.46. The minimum atomic E-state index is -0.322. The van der Waals surface area contributed by atoms with Crippen molar-refractivity contribution in [2.45, 2.75) is 17.4 Å². The Balaban J connectivity index is 1.90. The Morgan fingerprint density at radius 2 is 1.89 bits per heavy atom. The van der Waals surface area contributed by atoms with Crippen LogP contribution in [0.25, 0.3) is 0 Å². The summed E-state index contributed by atoms with van der Waals surface area (Å²) in [5.74, 6) is 7.00. The van der Waals surface area contributed by atoms with Crippen LogP contribution in [0.4, 0.5) is 0 Å². The van der Waals surface area contributed by atoms with Crippen molar-refractivity contribution >= 4 is 29.5 Å². The molecule has 2 aromatic carbocycles. The van der Waals surface area contributed by atoms with E-state index >= 15 is 0 Å². The first kappa shape index (κ1) is 19.7. The van der Waals surface area contributed by atoms with Crippen molar-refractivity contribution in [1.82, 2.24) is 0 Å². The highest BCUT2D eigenvalue weighted by molar-refractivity contribution is 8.16. The average molecular weight is 399 g/mol. The molecule has 5 heteroatoms. The molecule has 0 saturated heterocycles. The fourth-order valence-corrected chi connectivity index (χ4v) is 5.05. The van der Waals surface area contributed by atoms with Gasteiger partial charge in [-0.25, -0.2) is 4.79 Å². The second-order valence-electron chi connectivity index (χ2n) is 6.02. The largest absolute Gasteiger partial charge is 0.493 e. The van der Waals surface area contributed by atoms with Gasteiger partial charge in [-0.1, -0.05) is 17.9 Å². The fourth-order valence-electron chi connectivity index (χ4n) is 3.05. The van der Waals surface area contributed by atoms with Crippen LogP contribution in [0.5, 0.6) is 5.75 Å². The molecule has 0 bridgehead atoms. The lowest BCUT2D eigenvalue weighted by molar-refractivity contribution is 0.0526. The van der Waals surface area contributed by atoms with Crippen LogP contribution in [0.15, 0.2) is 42.5 Å². The van der Waals surface area contributed by atoms with Gasteiger partial charge in [-0.15, -0.1) is 23.5 Å². The molecule has 27 heavy (non-hydrogen) atoms. The molecule has 1 aliphatic rings. The second kappa shape index (κ2) is 8.77. The summed E-state index contributed by atoms with van der Waals surface area (Å²) in [7, 11) is 0. The Bertz CT molecular complexity index is 892. The smallest absolute Gasteiger partial charge is 0.338 e. The van der Waals surface area contributed by atoms with E-state index in [9.17, 15) is 4.79 Å². The van der Waals surface area contributed by atoms with Gasteiger partial charge in [0.2, 0.25) is 0 Å². The molecule has 0 atom stereocenters. The minimum absolute atomic E-state index is 0.00903. The highest BCUT2D eigenvalue weighted by Crippen LogP contribution is 2.52. The number of fused-ring (bicyclic) bond motifs is 1. The van der Waals surface area contributed by atoms with Crippen LogP contribution in [0.1, 0.15) is 40.4 Å². The molecule has 1 aliphatic heterocycles. The third-order valence-corrected chi connectivity index (χ3v) is 7.63. The summed E-state index contributed by atoms with van der Waals surface area (Å²) < 4.78 is 10.9. The van der Waals surface area contributed by atoms with Crippen LogP contribution in [-0.4, -0.2) is 31.7 Å². The Kier molecular flexibility index (Phi) is 6.41. The molecule has 2 aromatic rings. The molecule has 0 aliphatic carbocycles. The monoisotopic (exact) mass is 398 g/mol. The predicted molar refractivity (Wildman–Crippen MR) is 114 cm³/mol. The number of hydrogen-bond acceptors (Lipinski definition) is 5. The molecule has 3 rings (SSSR count). The van der Waals surface area contributed by atoms with Crippen molar-refractivity contribution in [2.75, 3.05) is 25.7 Å². The van der Waals surface area contributed by atoms with Crippen LogP contribution in [-0.2, 0) is 8.82 Å². The Morgan fingerprint density at radius 1 is 1.15 bits per heavy atom. The van der Waals surface area contributed by atoms with Crippen molar-refractivity contribution in [1.29, 1.82) is 0 Å². The number of ether oxygens (including phenoxy) is 2. The zero-order valence-electron chi connectivity index (χ0n) is 15.7. The van der Waals surface area contributed by atoms with Gasteiger partial charge in [0.25, 0.3) is 0 Å². The molecule has 0 aromatic heterocycles. The number of rotatable bonds is 4. The summed E-state index contributed by atoms with van der Waals surface area (Å²) >= 11 is 3.70. The summed E-state index contributed by atoms with van der Waals surface area (Å²) in [4.78, 5) is 11.9. The van der Waals surface area contributed by atoms with E-state index in [1.807, 2.05) is 47.8 Å². The molecular formula is C22H22O3S2. The van der Waals surface area contributed by atoms with E-state index in [1.165, 1.54) is 5.56 Å². The van der Waals surface area contributed by atoms with Gasteiger partial charge in [0.05, 0.1) is 22.9 Å². The number of benzene rings is 2. The summed E-state index contributed by atoms with van der Waals surface area (Å²) in [5.41, 5.74) is 3.44. The normalized spacial score (nSPS) is 14.3. The molecule has 1 heterocycles. The van der Waals surface area contributed by atoms with E-state index in [2.05, 4.69) is 30.4 Å². The summed E-state index contributed by atoms with van der Waals surface area (Å²) in [6.07, 6.45) is 5.26. The summed E-state index contributed by atoms with van der Waals surface area (Å²) in [5, 5.41) is 0. The summed E-state index contributed by atoms with van der Waals surface area (Å²) in [6.45, 7) is 2.89. The van der Waals surface area contributed by atoms with Gasteiger partial charge >= 0.3 is 5.97 Å². The molecule has 0 fully saturated rings. The SMILES string of the molecule is CCOC(=O)c1cccc(C#Cc2ccc3c(c2)C(SC)(SC)CCO3)c1. The molecule has 3 nitrogen and oxygen atoms in total. The predicted octanol–water partition coefficient (Wildman–Crippen LogP) is 4.92. The van der Waals surface area contributed by atoms with Gasteiger partial charge in [-0.05, 0) is 55.8 Å². The van der Waals surface area contributed by atoms with E-state index in [0.29, 0.717) is 12.2 Å². The maximum Gasteiger partial charge on any atom is 0.338 e. The lowest BCUT2D eigenvalue weighted by Gasteiger charge is -2.36. The molecule has 0 radical (unpaired) electrons. The Labute approximate surface area is 169 Å². The van der Waals surface area contributed by atoms with Crippen LogP contribution in [0, 0.1) is 11.8 Å². The maximum atomic E-state index is 11.9. The zero-order chi connectivity index (χ0) is 19.3. The number of carbonyl (C=O) groups is 1. The zero-order valence-corrected chi connectivity index (χ0v) is 17.3. The van der Waals surface area contributed by atoms with Gasteiger partial charge in [0.15, 0.2) is 0 Å². The number of esters is 1. The third kappa shape index (κ3) is 4.28. The Morgan fingerprint density at radius 3 is 2.59 bits per heavy atom. The maximum absolute atomic E-state index is 11.9. The van der Waals surface area contributed by atoms with Crippen LogP contribution >= 0.6 is 23.5 Å². The van der Waals surface area contributed by atoms with Gasteiger partial charge < -0.3 is 9.47 Å². The highest BCUT2D eigenvalue weighted by atomic mass is 32.2. The number of thioether (sulfide) groups is 2. The van der Waals surface area contributed by atoms with E-state index < -0.39 is 0 Å². The molecule has 0 amide bonds. The van der Waals surface area contributed by atoms with E-state index in [4.69, 9.17) is 9.47 Å². The molecule has 0 N–H and O–H groups in total. The number of hydrogen-bond donors (Lipinski definition) is 0. The lowest BCUT2D eigenvalue weighted by atomic mass is 10.0. The quantitative estimate of drug-likeness (QED) is 0.415. The first-order chi connectivity index (χ1) is 13.1. The van der Waals surface area contributed by atoms with Crippen molar-refractivity contribution < 1.29 is 14.3 Å². The Hall–Kier alpha value is -2.03. The molecule has 0 unspecified atom stereocenters. The minimum Gasteiger partial charge on any atom is -0.493 e. The van der Waals surface area contributed by atoms with Gasteiger partial charge in [-0.2, -0.15) is 0 Å². The van der Waals surface area contributed by atoms with Crippen molar-refractivity contribution in [3.63, 3.8) is 0 Å². The van der Waals surface area contributed by atoms with Crippen LogP contribution < -0.4 is 4.74 Å². The van der Waals surface area contributed by atoms with E-state index in [-0.39, 0.29) is 10.0 Å². The first-order valence-corrected chi connectivity index (χ1v) is 11.2. The van der Waals surface area contributed by atoms with E-state index in [1.54, 1.807) is 19.1 Å². The molecule has 0 saturated carbocycles. The van der Waals surface area contributed by atoms with Crippen molar-refractivity contribution in [3.05, 3.63) is 64.7 Å². The van der Waals surface area contributed by atoms with Gasteiger partial charge in [0.1, 0.15) is 5.75 Å². The van der Waals surface area contributed by atoms with E-state index in [0.717, 1.165) is 29.9 Å². The summed E-state index contributed by atoms with van der Waals surface area (Å²) in [6, 6.07) is 13.3. The molecule has 0 spiro atoms. The topological polar surface area (TPSA) is 35.5 Å². The van der Waals surface area contributed by atoms with Crippen LogP contribution in [0.2, 0.25) is 0 Å².